The summed E-state index contributed by atoms with van der Waals surface area (Å²) in [4.78, 5) is 11.1. The molecule has 5 nitrogen and oxygen atoms in total. The smallest absolute Gasteiger partial charge is 0.481 e. The molecule has 110 valence electrons. The molecule has 2 rings (SSSR count). The van der Waals surface area contributed by atoms with E-state index in [0.29, 0.717) is 18.4 Å². The first-order valence-electron chi connectivity index (χ1n) is 5.43. The summed E-state index contributed by atoms with van der Waals surface area (Å²) in [5, 5.41) is 9.04. The minimum Gasteiger partial charge on any atom is -0.481 e. The van der Waals surface area contributed by atoms with E-state index in [1.165, 1.54) is 12.1 Å². The van der Waals surface area contributed by atoms with Crippen molar-refractivity contribution in [2.45, 2.75) is 23.8 Å². The Morgan fingerprint density at radius 3 is 2.05 bits per heavy atom. The SMILES string of the molecule is O=C(O)C1(c2ccc(OS(=O)(=O)C(F)(F)F)cc2)CC1. The number of carbonyl (C=O) groups is 1. The lowest BCUT2D eigenvalue weighted by molar-refractivity contribution is -0.140. The predicted octanol–water partition coefficient (Wildman–Crippen LogP) is 2.03. The van der Waals surface area contributed by atoms with Crippen molar-refractivity contribution in [3.05, 3.63) is 29.8 Å². The highest BCUT2D eigenvalue weighted by Gasteiger charge is 2.52. The van der Waals surface area contributed by atoms with E-state index < -0.39 is 32.8 Å². The maximum absolute atomic E-state index is 12.1. The lowest BCUT2D eigenvalue weighted by Crippen LogP contribution is -2.28. The van der Waals surface area contributed by atoms with Crippen LogP contribution in [0.2, 0.25) is 0 Å². The number of hydrogen-bond donors (Lipinski definition) is 1. The molecule has 1 aromatic rings. The van der Waals surface area contributed by atoms with E-state index in [-0.39, 0.29) is 0 Å². The van der Waals surface area contributed by atoms with Gasteiger partial charge in [-0.2, -0.15) is 21.6 Å². The second-order valence-electron chi connectivity index (χ2n) is 4.39. The Kier molecular flexibility index (Phi) is 3.20. The lowest BCUT2D eigenvalue weighted by atomic mass is 9.96. The van der Waals surface area contributed by atoms with E-state index in [1.54, 1.807) is 0 Å². The van der Waals surface area contributed by atoms with Crippen LogP contribution >= 0.6 is 0 Å². The third-order valence-corrected chi connectivity index (χ3v) is 4.03. The van der Waals surface area contributed by atoms with Gasteiger partial charge in [-0.15, -0.1) is 0 Å². The van der Waals surface area contributed by atoms with Crippen LogP contribution in [0, 0.1) is 0 Å². The van der Waals surface area contributed by atoms with Crippen LogP contribution in [0.3, 0.4) is 0 Å². The van der Waals surface area contributed by atoms with E-state index in [0.717, 1.165) is 12.1 Å². The zero-order valence-electron chi connectivity index (χ0n) is 9.85. The Balaban J connectivity index is 2.21. The Labute approximate surface area is 112 Å². The molecule has 20 heavy (non-hydrogen) atoms. The second-order valence-corrected chi connectivity index (χ2v) is 5.93. The van der Waals surface area contributed by atoms with E-state index in [2.05, 4.69) is 4.18 Å². The van der Waals surface area contributed by atoms with E-state index >= 15 is 0 Å². The minimum absolute atomic E-state index is 0.404. The van der Waals surface area contributed by atoms with Gasteiger partial charge in [-0.3, -0.25) is 4.79 Å². The zero-order chi connectivity index (χ0) is 15.2. The summed E-state index contributed by atoms with van der Waals surface area (Å²) < 4.78 is 61.8. The molecule has 0 aromatic heterocycles. The topological polar surface area (TPSA) is 80.7 Å². The van der Waals surface area contributed by atoms with Crippen molar-refractivity contribution in [3.63, 3.8) is 0 Å². The molecule has 0 aliphatic heterocycles. The standard InChI is InChI=1S/C11H9F3O5S/c12-11(13,14)20(17,18)19-8-3-1-7(2-4-8)10(5-6-10)9(15)16/h1-4H,5-6H2,(H,15,16). The molecule has 9 heteroatoms. The summed E-state index contributed by atoms with van der Waals surface area (Å²) >= 11 is 0. The van der Waals surface area contributed by atoms with Crippen molar-refractivity contribution in [3.8, 4) is 5.75 Å². The van der Waals surface area contributed by atoms with Crippen LogP contribution in [0.5, 0.6) is 5.75 Å². The van der Waals surface area contributed by atoms with Crippen molar-refractivity contribution in [2.24, 2.45) is 0 Å². The molecule has 0 bridgehead atoms. The average molecular weight is 310 g/mol. The van der Waals surface area contributed by atoms with Gasteiger partial charge in [-0.25, -0.2) is 0 Å². The number of alkyl halides is 3. The molecule has 0 heterocycles. The molecular formula is C11H9F3O5S. The Morgan fingerprint density at radius 2 is 1.70 bits per heavy atom. The fourth-order valence-electron chi connectivity index (χ4n) is 1.75. The normalized spacial score (nSPS) is 17.6. The lowest BCUT2D eigenvalue weighted by Gasteiger charge is -2.12. The first kappa shape index (κ1) is 14.6. The van der Waals surface area contributed by atoms with Gasteiger partial charge in [0, 0.05) is 0 Å². The summed E-state index contributed by atoms with van der Waals surface area (Å²) in [5.41, 5.74) is -6.12. The summed E-state index contributed by atoms with van der Waals surface area (Å²) in [7, 11) is -5.72. The van der Waals surface area contributed by atoms with Crippen LogP contribution in [0.1, 0.15) is 18.4 Å². The van der Waals surface area contributed by atoms with Gasteiger partial charge in [0.25, 0.3) is 0 Å². The largest absolute Gasteiger partial charge is 0.534 e. The maximum Gasteiger partial charge on any atom is 0.534 e. The van der Waals surface area contributed by atoms with E-state index in [9.17, 15) is 26.4 Å². The van der Waals surface area contributed by atoms with Crippen molar-refractivity contribution < 1.29 is 35.7 Å². The fraction of sp³-hybridized carbons (Fsp3) is 0.364. The molecule has 0 amide bonds. The molecule has 0 radical (unpaired) electrons. The first-order chi connectivity index (χ1) is 9.08. The fourth-order valence-corrected chi connectivity index (χ4v) is 2.21. The first-order valence-corrected chi connectivity index (χ1v) is 6.84. The number of benzene rings is 1. The van der Waals surface area contributed by atoms with Gasteiger partial charge in [0.15, 0.2) is 0 Å². The zero-order valence-corrected chi connectivity index (χ0v) is 10.7. The Morgan fingerprint density at radius 1 is 1.20 bits per heavy atom. The highest BCUT2D eigenvalue weighted by molar-refractivity contribution is 7.87. The van der Waals surface area contributed by atoms with Crippen LogP contribution in [0.4, 0.5) is 13.2 Å². The molecule has 1 fully saturated rings. The van der Waals surface area contributed by atoms with Gasteiger partial charge in [0.2, 0.25) is 0 Å². The third-order valence-electron chi connectivity index (χ3n) is 3.06. The molecule has 0 spiro atoms. The van der Waals surface area contributed by atoms with Crippen LogP contribution in [0.25, 0.3) is 0 Å². The molecule has 1 saturated carbocycles. The minimum atomic E-state index is -5.72. The van der Waals surface area contributed by atoms with Gasteiger partial charge < -0.3 is 9.29 Å². The van der Waals surface area contributed by atoms with Crippen molar-refractivity contribution >= 4 is 16.1 Å². The Hall–Kier alpha value is -1.77. The maximum atomic E-state index is 12.1. The van der Waals surface area contributed by atoms with Gasteiger partial charge in [-0.05, 0) is 30.5 Å². The molecule has 1 aliphatic rings. The number of carboxylic acid groups (broad SMARTS) is 1. The van der Waals surface area contributed by atoms with E-state index in [4.69, 9.17) is 5.11 Å². The monoisotopic (exact) mass is 310 g/mol. The average Bonchev–Trinajstić information content (AvgIpc) is 3.09. The third kappa shape index (κ3) is 2.45. The van der Waals surface area contributed by atoms with E-state index in [1.807, 2.05) is 0 Å². The molecular weight excluding hydrogens is 301 g/mol. The quantitative estimate of drug-likeness (QED) is 0.680. The highest BCUT2D eigenvalue weighted by Crippen LogP contribution is 2.48. The van der Waals surface area contributed by atoms with Crippen molar-refractivity contribution in [2.75, 3.05) is 0 Å². The second kappa shape index (κ2) is 4.37. The molecule has 0 saturated heterocycles. The van der Waals surface area contributed by atoms with Crippen LogP contribution in [-0.4, -0.2) is 25.0 Å². The van der Waals surface area contributed by atoms with Crippen LogP contribution in [0.15, 0.2) is 24.3 Å². The molecule has 0 atom stereocenters. The molecule has 1 aliphatic carbocycles. The molecule has 1 aromatic carbocycles. The summed E-state index contributed by atoms with van der Waals surface area (Å²) in [5.74, 6) is -1.54. The highest BCUT2D eigenvalue weighted by atomic mass is 32.2. The van der Waals surface area contributed by atoms with Gasteiger partial charge in [0.1, 0.15) is 5.75 Å². The van der Waals surface area contributed by atoms with Gasteiger partial charge in [0.05, 0.1) is 5.41 Å². The molecule has 0 unspecified atom stereocenters. The summed E-state index contributed by atoms with van der Waals surface area (Å²) in [6.45, 7) is 0. The van der Waals surface area contributed by atoms with Gasteiger partial charge >= 0.3 is 21.6 Å². The number of rotatable bonds is 4. The summed E-state index contributed by atoms with van der Waals surface area (Å²) in [6, 6.07) is 4.51. The molecule has 1 N–H and O–H groups in total. The number of aliphatic carboxylic acids is 1. The number of halogens is 3. The number of hydrogen-bond acceptors (Lipinski definition) is 4. The van der Waals surface area contributed by atoms with Crippen molar-refractivity contribution in [1.82, 2.24) is 0 Å². The van der Waals surface area contributed by atoms with Crippen molar-refractivity contribution in [1.29, 1.82) is 0 Å². The number of carboxylic acids is 1. The van der Waals surface area contributed by atoms with Crippen LogP contribution in [-0.2, 0) is 20.3 Å². The van der Waals surface area contributed by atoms with Crippen LogP contribution < -0.4 is 4.18 Å². The van der Waals surface area contributed by atoms with Gasteiger partial charge in [-0.1, -0.05) is 12.1 Å². The Bertz CT molecular complexity index is 629. The summed E-state index contributed by atoms with van der Waals surface area (Å²) in [6.07, 6.45) is 0.868. The predicted molar refractivity (Wildman–Crippen MR) is 60.6 cm³/mol.